The van der Waals surface area contributed by atoms with Gasteiger partial charge in [0.1, 0.15) is 5.78 Å². The molecule has 0 radical (unpaired) electrons. The molecule has 2 unspecified atom stereocenters. The van der Waals surface area contributed by atoms with Crippen LogP contribution in [0.1, 0.15) is 41.5 Å². The van der Waals surface area contributed by atoms with E-state index in [1.807, 2.05) is 13.8 Å². The number of rotatable bonds is 4. The maximum atomic E-state index is 11.1. The second kappa shape index (κ2) is 6.18. The minimum absolute atomic E-state index is 0. The molecule has 2 heteroatoms. The Morgan fingerprint density at radius 2 is 2.08 bits per heavy atom. The number of hydrogen-bond donors (Lipinski definition) is 0. The molecule has 2 nitrogen and oxygen atoms in total. The van der Waals surface area contributed by atoms with Gasteiger partial charge in [-0.2, -0.15) is 0 Å². The van der Waals surface area contributed by atoms with E-state index in [0.717, 1.165) is 13.0 Å². The van der Waals surface area contributed by atoms with Crippen molar-refractivity contribution in [3.05, 3.63) is 0 Å². The summed E-state index contributed by atoms with van der Waals surface area (Å²) in [4.78, 5) is 11.1. The van der Waals surface area contributed by atoms with Crippen molar-refractivity contribution < 1.29 is 9.53 Å². The van der Waals surface area contributed by atoms with Crippen LogP contribution in [-0.4, -0.2) is 18.5 Å². The molecular weight excluding hydrogens is 152 g/mol. The van der Waals surface area contributed by atoms with Crippen LogP contribution in [0.2, 0.25) is 0 Å². The maximum absolute atomic E-state index is 11.1. The fraction of sp³-hybridized carbons (Fsp3) is 0.900. The summed E-state index contributed by atoms with van der Waals surface area (Å²) in [7, 11) is 0. The normalized spacial score (nSPS) is 21.7. The van der Waals surface area contributed by atoms with Gasteiger partial charge in [0.15, 0.2) is 0 Å². The molecule has 2 atom stereocenters. The first-order valence-corrected chi connectivity index (χ1v) is 3.88. The lowest BCUT2D eigenvalue weighted by Crippen LogP contribution is -2.11. The Morgan fingerprint density at radius 3 is 2.42 bits per heavy atom. The van der Waals surface area contributed by atoms with Crippen molar-refractivity contribution in [2.24, 2.45) is 5.92 Å². The molecule has 0 saturated carbocycles. The third-order valence-electron chi connectivity index (χ3n) is 1.99. The molecule has 1 heterocycles. The first-order chi connectivity index (χ1) is 4.74. The van der Waals surface area contributed by atoms with E-state index in [9.17, 15) is 4.79 Å². The van der Waals surface area contributed by atoms with E-state index in [2.05, 4.69) is 0 Å². The fourth-order valence-corrected chi connectivity index (χ4v) is 0.839. The summed E-state index contributed by atoms with van der Waals surface area (Å²) < 4.78 is 4.95. The van der Waals surface area contributed by atoms with Gasteiger partial charge in [-0.15, -0.1) is 0 Å². The lowest BCUT2D eigenvalue weighted by molar-refractivity contribution is -0.122. The van der Waals surface area contributed by atoms with E-state index in [-0.39, 0.29) is 26.9 Å². The van der Waals surface area contributed by atoms with Gasteiger partial charge < -0.3 is 4.74 Å². The van der Waals surface area contributed by atoms with Crippen molar-refractivity contribution >= 4 is 5.78 Å². The molecule has 1 aliphatic heterocycles. The van der Waals surface area contributed by atoms with E-state index < -0.39 is 0 Å². The van der Waals surface area contributed by atoms with Gasteiger partial charge >= 0.3 is 0 Å². The number of ketones is 1. The number of hydrogen-bond acceptors (Lipinski definition) is 2. The van der Waals surface area contributed by atoms with Crippen molar-refractivity contribution in [2.45, 2.75) is 47.6 Å². The zero-order chi connectivity index (χ0) is 7.56. The van der Waals surface area contributed by atoms with Gasteiger partial charge in [0, 0.05) is 12.3 Å². The summed E-state index contributed by atoms with van der Waals surface area (Å²) in [6, 6.07) is 0. The Balaban J connectivity index is 0. The average Bonchev–Trinajstić information content (AvgIpc) is 2.70. The van der Waals surface area contributed by atoms with Crippen molar-refractivity contribution in [3.8, 4) is 0 Å². The number of epoxide rings is 1. The number of ether oxygens (including phenoxy) is 1. The Morgan fingerprint density at radius 1 is 1.58 bits per heavy atom. The SMILES string of the molecule is C.C.CCC(C)C(=O)CC1CO1. The number of carbonyl (C=O) groups is 1. The molecule has 0 aromatic rings. The smallest absolute Gasteiger partial charge is 0.138 e. The Kier molecular flexibility index (Phi) is 7.30. The predicted molar refractivity (Wildman–Crippen MR) is 52.3 cm³/mol. The monoisotopic (exact) mass is 174 g/mol. The second-order valence-corrected chi connectivity index (χ2v) is 2.94. The van der Waals surface area contributed by atoms with Crippen LogP contribution >= 0.6 is 0 Å². The molecule has 0 aliphatic carbocycles. The highest BCUT2D eigenvalue weighted by molar-refractivity contribution is 5.81. The van der Waals surface area contributed by atoms with Gasteiger partial charge in [-0.1, -0.05) is 28.7 Å². The molecule has 1 aliphatic rings. The van der Waals surface area contributed by atoms with Gasteiger partial charge in [0.05, 0.1) is 12.7 Å². The van der Waals surface area contributed by atoms with E-state index in [0.29, 0.717) is 12.2 Å². The molecule has 0 bridgehead atoms. The quantitative estimate of drug-likeness (QED) is 0.613. The minimum atomic E-state index is 0. The minimum Gasteiger partial charge on any atom is -0.373 e. The summed E-state index contributed by atoms with van der Waals surface area (Å²) in [5.41, 5.74) is 0. The standard InChI is InChI=1S/C8H14O2.2CH4/c1-3-6(2)8(9)4-7-5-10-7;;/h6-7H,3-5H2,1-2H3;2*1H4. The summed E-state index contributed by atoms with van der Waals surface area (Å²) in [6.07, 6.45) is 1.85. The Bertz CT molecular complexity index is 128. The van der Waals surface area contributed by atoms with Gasteiger partial charge in [-0.25, -0.2) is 0 Å². The molecule has 1 saturated heterocycles. The first-order valence-electron chi connectivity index (χ1n) is 3.88. The Labute approximate surface area is 76.3 Å². The van der Waals surface area contributed by atoms with Crippen molar-refractivity contribution in [2.75, 3.05) is 6.61 Å². The lowest BCUT2D eigenvalue weighted by Gasteiger charge is -2.03. The maximum Gasteiger partial charge on any atom is 0.138 e. The van der Waals surface area contributed by atoms with Crippen molar-refractivity contribution in [1.29, 1.82) is 0 Å². The van der Waals surface area contributed by atoms with Crippen LogP contribution in [0.4, 0.5) is 0 Å². The van der Waals surface area contributed by atoms with Crippen molar-refractivity contribution in [3.63, 3.8) is 0 Å². The zero-order valence-electron chi connectivity index (χ0n) is 6.59. The average molecular weight is 174 g/mol. The fourth-order valence-electron chi connectivity index (χ4n) is 0.839. The zero-order valence-corrected chi connectivity index (χ0v) is 6.59. The van der Waals surface area contributed by atoms with Gasteiger partial charge in [-0.3, -0.25) is 4.79 Å². The molecule has 0 spiro atoms. The highest BCUT2D eigenvalue weighted by Gasteiger charge is 2.26. The van der Waals surface area contributed by atoms with Crippen LogP contribution < -0.4 is 0 Å². The van der Waals surface area contributed by atoms with Crippen LogP contribution in [0.25, 0.3) is 0 Å². The molecule has 0 N–H and O–H groups in total. The van der Waals surface area contributed by atoms with E-state index in [1.165, 1.54) is 0 Å². The molecule has 0 amide bonds. The molecule has 12 heavy (non-hydrogen) atoms. The van der Waals surface area contributed by atoms with Gasteiger partial charge in [0.2, 0.25) is 0 Å². The van der Waals surface area contributed by atoms with Crippen LogP contribution in [0.3, 0.4) is 0 Å². The van der Waals surface area contributed by atoms with E-state index in [4.69, 9.17) is 4.74 Å². The van der Waals surface area contributed by atoms with Gasteiger partial charge in [-0.05, 0) is 6.42 Å². The van der Waals surface area contributed by atoms with Crippen LogP contribution in [0.5, 0.6) is 0 Å². The van der Waals surface area contributed by atoms with E-state index in [1.54, 1.807) is 0 Å². The third kappa shape index (κ3) is 4.50. The number of carbonyl (C=O) groups excluding carboxylic acids is 1. The van der Waals surface area contributed by atoms with Gasteiger partial charge in [0.25, 0.3) is 0 Å². The molecule has 74 valence electrons. The number of Topliss-reactive ketones (excluding diaryl/α,β-unsaturated/α-hetero) is 1. The summed E-state index contributed by atoms with van der Waals surface area (Å²) in [5.74, 6) is 0.578. The second-order valence-electron chi connectivity index (χ2n) is 2.94. The molecule has 1 rings (SSSR count). The highest BCUT2D eigenvalue weighted by Crippen LogP contribution is 2.17. The molecule has 0 aromatic heterocycles. The van der Waals surface area contributed by atoms with Crippen molar-refractivity contribution in [1.82, 2.24) is 0 Å². The topological polar surface area (TPSA) is 29.6 Å². The lowest BCUT2D eigenvalue weighted by atomic mass is 10.0. The van der Waals surface area contributed by atoms with Crippen LogP contribution in [0.15, 0.2) is 0 Å². The predicted octanol–water partition coefficient (Wildman–Crippen LogP) is 2.66. The largest absolute Gasteiger partial charge is 0.373 e. The third-order valence-corrected chi connectivity index (χ3v) is 1.99. The first kappa shape index (κ1) is 14.2. The summed E-state index contributed by atoms with van der Waals surface area (Å²) in [5, 5.41) is 0. The summed E-state index contributed by atoms with van der Waals surface area (Å²) >= 11 is 0. The molecular formula is C10H22O2. The summed E-state index contributed by atoms with van der Waals surface area (Å²) in [6.45, 7) is 4.81. The molecule has 1 fully saturated rings. The molecule has 0 aromatic carbocycles. The van der Waals surface area contributed by atoms with Crippen LogP contribution in [-0.2, 0) is 9.53 Å². The van der Waals surface area contributed by atoms with E-state index >= 15 is 0 Å². The highest BCUT2D eigenvalue weighted by atomic mass is 16.6. The Hall–Kier alpha value is -0.370. The van der Waals surface area contributed by atoms with Crippen LogP contribution in [0, 0.1) is 5.92 Å².